The average molecular weight is 464 g/mol. The summed E-state index contributed by atoms with van der Waals surface area (Å²) in [5, 5.41) is 3.49. The molecule has 0 aliphatic rings. The van der Waals surface area contributed by atoms with E-state index in [1.807, 2.05) is 0 Å². The Hall–Kier alpha value is -1.87. The molecule has 0 saturated heterocycles. The Morgan fingerprint density at radius 3 is 2.43 bits per heavy atom. The second-order valence-corrected chi connectivity index (χ2v) is 9.21. The average Bonchev–Trinajstić information content (AvgIpc) is 3.00. The molecule has 148 valence electrons. The molecule has 0 aliphatic heterocycles. The van der Waals surface area contributed by atoms with Gasteiger partial charge in [0.25, 0.3) is 0 Å². The van der Waals surface area contributed by atoms with Gasteiger partial charge in [0.15, 0.2) is 14.9 Å². The second-order valence-electron chi connectivity index (χ2n) is 6.06. The quantitative estimate of drug-likeness (QED) is 0.566. The molecule has 0 amide bonds. The third-order valence-corrected chi connectivity index (χ3v) is 5.96. The van der Waals surface area contributed by atoms with Crippen LogP contribution >= 0.6 is 34.8 Å². The summed E-state index contributed by atoms with van der Waals surface area (Å²) in [5.41, 5.74) is 0.910. The zero-order valence-electron chi connectivity index (χ0n) is 14.6. The molecule has 1 aromatic carbocycles. The number of aryl methyl sites for hydroxylation is 1. The zero-order chi connectivity index (χ0) is 20.6. The Labute approximate surface area is 176 Å². The van der Waals surface area contributed by atoms with Crippen LogP contribution in [0.15, 0.2) is 35.5 Å². The van der Waals surface area contributed by atoms with E-state index in [4.69, 9.17) is 34.8 Å². The summed E-state index contributed by atoms with van der Waals surface area (Å²) in [6, 6.07) is 4.94. The maximum absolute atomic E-state index is 13.6. The number of aromatic amines is 1. The lowest BCUT2D eigenvalue weighted by atomic mass is 10.1. The number of nitrogens with zero attached hydrogens (tertiary/aromatic N) is 2. The highest BCUT2D eigenvalue weighted by Crippen LogP contribution is 2.30. The van der Waals surface area contributed by atoms with Gasteiger partial charge < -0.3 is 10.3 Å². The van der Waals surface area contributed by atoms with Crippen molar-refractivity contribution in [3.8, 4) is 0 Å². The summed E-state index contributed by atoms with van der Waals surface area (Å²) in [7, 11) is -3.54. The van der Waals surface area contributed by atoms with E-state index in [0.717, 1.165) is 6.26 Å². The lowest BCUT2D eigenvalue weighted by Crippen LogP contribution is -2.15. The summed E-state index contributed by atoms with van der Waals surface area (Å²) in [4.78, 5) is 11.3. The standard InChI is InChI=1S/C17H14Cl3FN4O2S/c1-8-17(28(2,26)27)25-16(23-8)15(9-3-4-13(21)11(19)5-9)24-14-6-10(18)12(20)7-22-14/h3-7,15H,1-2H3,(H,22,24)(H,23,25). The molecule has 28 heavy (non-hydrogen) atoms. The Morgan fingerprint density at radius 2 is 1.86 bits per heavy atom. The van der Waals surface area contributed by atoms with Crippen molar-refractivity contribution in [3.05, 3.63) is 68.4 Å². The monoisotopic (exact) mass is 462 g/mol. The minimum Gasteiger partial charge on any atom is -0.356 e. The molecule has 0 spiro atoms. The molecule has 0 radical (unpaired) electrons. The van der Waals surface area contributed by atoms with Gasteiger partial charge in [-0.05, 0) is 24.6 Å². The van der Waals surface area contributed by atoms with Crippen LogP contribution in [0.3, 0.4) is 0 Å². The summed E-state index contributed by atoms with van der Waals surface area (Å²) in [6.45, 7) is 1.60. The van der Waals surface area contributed by atoms with Crippen LogP contribution in [0.1, 0.15) is 23.1 Å². The normalized spacial score (nSPS) is 12.8. The fourth-order valence-corrected chi connectivity index (χ4v) is 3.92. The number of imidazole rings is 1. The molecule has 2 aromatic heterocycles. The molecule has 0 saturated carbocycles. The van der Waals surface area contributed by atoms with Gasteiger partial charge in [-0.15, -0.1) is 0 Å². The van der Waals surface area contributed by atoms with Gasteiger partial charge in [-0.2, -0.15) is 0 Å². The molecular formula is C17H14Cl3FN4O2S. The lowest BCUT2D eigenvalue weighted by molar-refractivity contribution is 0.597. The molecule has 2 N–H and O–H groups in total. The molecule has 2 heterocycles. The van der Waals surface area contributed by atoms with E-state index in [0.29, 0.717) is 17.1 Å². The van der Waals surface area contributed by atoms with Crippen molar-refractivity contribution in [2.45, 2.75) is 18.0 Å². The summed E-state index contributed by atoms with van der Waals surface area (Å²) < 4.78 is 37.5. The lowest BCUT2D eigenvalue weighted by Gasteiger charge is -2.18. The summed E-state index contributed by atoms with van der Waals surface area (Å²) in [6.07, 6.45) is 2.44. The van der Waals surface area contributed by atoms with E-state index in [2.05, 4.69) is 20.3 Å². The van der Waals surface area contributed by atoms with Crippen LogP contribution in [-0.4, -0.2) is 29.6 Å². The number of pyridine rings is 1. The largest absolute Gasteiger partial charge is 0.356 e. The van der Waals surface area contributed by atoms with Crippen molar-refractivity contribution >= 4 is 50.5 Å². The van der Waals surface area contributed by atoms with Gasteiger partial charge in [0, 0.05) is 18.5 Å². The van der Waals surface area contributed by atoms with E-state index < -0.39 is 21.7 Å². The van der Waals surface area contributed by atoms with E-state index >= 15 is 0 Å². The first kappa shape index (κ1) is 20.9. The number of sulfone groups is 1. The number of aromatic nitrogens is 3. The van der Waals surface area contributed by atoms with Crippen LogP contribution < -0.4 is 5.32 Å². The smallest absolute Gasteiger partial charge is 0.194 e. The predicted molar refractivity (Wildman–Crippen MR) is 108 cm³/mol. The summed E-state index contributed by atoms with van der Waals surface area (Å²) >= 11 is 17.9. The molecule has 0 fully saturated rings. The van der Waals surface area contributed by atoms with Crippen LogP contribution in [0.2, 0.25) is 15.1 Å². The molecule has 0 bridgehead atoms. The van der Waals surface area contributed by atoms with Gasteiger partial charge in [0.2, 0.25) is 0 Å². The van der Waals surface area contributed by atoms with Gasteiger partial charge in [0.05, 0.1) is 20.8 Å². The predicted octanol–water partition coefficient (Wildman–Crippen LogP) is 4.82. The molecule has 3 aromatic rings. The van der Waals surface area contributed by atoms with E-state index in [1.54, 1.807) is 6.92 Å². The van der Waals surface area contributed by atoms with Gasteiger partial charge >= 0.3 is 0 Å². The Bertz CT molecular complexity index is 1150. The highest BCUT2D eigenvalue weighted by Gasteiger charge is 2.24. The van der Waals surface area contributed by atoms with E-state index in [-0.39, 0.29) is 25.9 Å². The van der Waals surface area contributed by atoms with Gasteiger partial charge in [0.1, 0.15) is 23.5 Å². The summed E-state index contributed by atoms with van der Waals surface area (Å²) in [5.74, 6) is 0.0626. The molecule has 1 unspecified atom stereocenters. The number of hydrogen-bond acceptors (Lipinski definition) is 5. The molecule has 1 atom stereocenters. The van der Waals surface area contributed by atoms with Crippen molar-refractivity contribution in [2.75, 3.05) is 11.6 Å². The highest BCUT2D eigenvalue weighted by molar-refractivity contribution is 7.90. The van der Waals surface area contributed by atoms with E-state index in [1.165, 1.54) is 30.5 Å². The van der Waals surface area contributed by atoms with Crippen LogP contribution in [0, 0.1) is 12.7 Å². The fraction of sp³-hybridized carbons (Fsp3) is 0.176. The van der Waals surface area contributed by atoms with Crippen molar-refractivity contribution < 1.29 is 12.8 Å². The third kappa shape index (κ3) is 4.41. The minimum atomic E-state index is -3.54. The van der Waals surface area contributed by atoms with Crippen molar-refractivity contribution in [3.63, 3.8) is 0 Å². The van der Waals surface area contributed by atoms with Crippen LogP contribution in [0.5, 0.6) is 0 Å². The number of halogens is 4. The van der Waals surface area contributed by atoms with Crippen LogP contribution in [-0.2, 0) is 9.84 Å². The van der Waals surface area contributed by atoms with Crippen molar-refractivity contribution in [1.29, 1.82) is 0 Å². The highest BCUT2D eigenvalue weighted by atomic mass is 35.5. The first-order chi connectivity index (χ1) is 13.1. The maximum Gasteiger partial charge on any atom is 0.194 e. The third-order valence-electron chi connectivity index (χ3n) is 3.86. The molecule has 11 heteroatoms. The van der Waals surface area contributed by atoms with Gasteiger partial charge in [-0.3, -0.25) is 0 Å². The molecular weight excluding hydrogens is 450 g/mol. The van der Waals surface area contributed by atoms with Crippen molar-refractivity contribution in [1.82, 2.24) is 15.0 Å². The molecule has 6 nitrogen and oxygen atoms in total. The first-order valence-corrected chi connectivity index (χ1v) is 10.9. The van der Waals surface area contributed by atoms with E-state index in [9.17, 15) is 12.8 Å². The Morgan fingerprint density at radius 1 is 1.14 bits per heavy atom. The van der Waals surface area contributed by atoms with Crippen LogP contribution in [0.25, 0.3) is 0 Å². The number of benzene rings is 1. The number of nitrogens with one attached hydrogen (secondary N) is 2. The zero-order valence-corrected chi connectivity index (χ0v) is 17.7. The number of anilines is 1. The Kier molecular flexibility index (Phi) is 5.86. The number of H-pyrrole nitrogens is 1. The van der Waals surface area contributed by atoms with Crippen molar-refractivity contribution in [2.24, 2.45) is 0 Å². The second kappa shape index (κ2) is 7.87. The maximum atomic E-state index is 13.6. The number of hydrogen-bond donors (Lipinski definition) is 2. The Balaban J connectivity index is 2.11. The molecule has 0 aliphatic carbocycles. The molecule has 3 rings (SSSR count). The SMILES string of the molecule is Cc1[nH]c(C(Nc2cc(Cl)c(Cl)cn2)c2ccc(F)c(Cl)c2)nc1S(C)(=O)=O. The minimum absolute atomic E-state index is 0.0791. The number of rotatable bonds is 5. The van der Waals surface area contributed by atoms with Gasteiger partial charge in [-0.25, -0.2) is 22.8 Å². The first-order valence-electron chi connectivity index (χ1n) is 7.85. The topological polar surface area (TPSA) is 87.7 Å². The fourth-order valence-electron chi connectivity index (χ4n) is 2.61. The van der Waals surface area contributed by atoms with Crippen LogP contribution in [0.4, 0.5) is 10.2 Å². The van der Waals surface area contributed by atoms with Gasteiger partial charge in [-0.1, -0.05) is 40.9 Å².